The number of rotatable bonds is 5. The molecular formula is C22H29N3O3S. The van der Waals surface area contributed by atoms with Gasteiger partial charge in [-0.2, -0.15) is 4.31 Å². The second kappa shape index (κ2) is 8.63. The smallest absolute Gasteiger partial charge is 0.255 e. The number of nitrogens with zero attached hydrogens (tertiary/aromatic N) is 3. The van der Waals surface area contributed by atoms with Crippen molar-refractivity contribution in [2.45, 2.75) is 44.9 Å². The van der Waals surface area contributed by atoms with Gasteiger partial charge in [0.25, 0.3) is 5.91 Å². The van der Waals surface area contributed by atoms with E-state index in [9.17, 15) is 13.2 Å². The van der Waals surface area contributed by atoms with Gasteiger partial charge in [0.1, 0.15) is 0 Å². The van der Waals surface area contributed by atoms with Crippen LogP contribution in [0.1, 0.15) is 53.5 Å². The molecule has 1 saturated heterocycles. The van der Waals surface area contributed by atoms with E-state index in [2.05, 4.69) is 18.8 Å². The molecule has 0 radical (unpaired) electrons. The van der Waals surface area contributed by atoms with E-state index in [1.165, 1.54) is 4.31 Å². The molecule has 1 amide bonds. The summed E-state index contributed by atoms with van der Waals surface area (Å²) in [6.45, 7) is 9.28. The lowest BCUT2D eigenvalue weighted by molar-refractivity contribution is 0.0696. The average Bonchev–Trinajstić information content (AvgIpc) is 2.73. The molecule has 7 heteroatoms. The summed E-state index contributed by atoms with van der Waals surface area (Å²) in [6, 6.07) is 10.8. The van der Waals surface area contributed by atoms with Crippen molar-refractivity contribution in [2.75, 3.05) is 26.2 Å². The maximum absolute atomic E-state index is 13.0. The predicted molar refractivity (Wildman–Crippen MR) is 114 cm³/mol. The fourth-order valence-corrected chi connectivity index (χ4v) is 4.99. The molecule has 1 unspecified atom stereocenters. The maximum atomic E-state index is 13.0. The van der Waals surface area contributed by atoms with Crippen LogP contribution < -0.4 is 0 Å². The van der Waals surface area contributed by atoms with Gasteiger partial charge in [-0.15, -0.1) is 0 Å². The van der Waals surface area contributed by atoms with Gasteiger partial charge in [0.05, 0.1) is 16.2 Å². The lowest BCUT2D eigenvalue weighted by atomic mass is 9.99. The summed E-state index contributed by atoms with van der Waals surface area (Å²) in [5.74, 6) is 0.311. The highest BCUT2D eigenvalue weighted by Crippen LogP contribution is 2.23. The van der Waals surface area contributed by atoms with E-state index in [1.807, 2.05) is 32.0 Å². The highest BCUT2D eigenvalue weighted by atomic mass is 32.2. The summed E-state index contributed by atoms with van der Waals surface area (Å²) < 4.78 is 27.4. The zero-order valence-corrected chi connectivity index (χ0v) is 18.4. The number of aryl methyl sites for hydroxylation is 2. The van der Waals surface area contributed by atoms with Crippen molar-refractivity contribution >= 4 is 15.9 Å². The quantitative estimate of drug-likeness (QED) is 0.751. The van der Waals surface area contributed by atoms with Crippen LogP contribution in [0.5, 0.6) is 0 Å². The first kappa shape index (κ1) is 21.5. The first-order chi connectivity index (χ1) is 13.7. The van der Waals surface area contributed by atoms with Crippen LogP contribution in [0.2, 0.25) is 0 Å². The molecule has 2 aromatic rings. The van der Waals surface area contributed by atoms with Crippen LogP contribution in [-0.4, -0.2) is 54.7 Å². The van der Waals surface area contributed by atoms with E-state index in [-0.39, 0.29) is 5.91 Å². The van der Waals surface area contributed by atoms with E-state index in [1.54, 1.807) is 23.1 Å². The highest BCUT2D eigenvalue weighted by molar-refractivity contribution is 7.89. The van der Waals surface area contributed by atoms with E-state index < -0.39 is 10.0 Å². The minimum absolute atomic E-state index is 0.0926. The number of amides is 1. The first-order valence-corrected chi connectivity index (χ1v) is 11.5. The Balaban J connectivity index is 1.68. The molecule has 1 fully saturated rings. The maximum Gasteiger partial charge on any atom is 0.255 e. The summed E-state index contributed by atoms with van der Waals surface area (Å²) in [4.78, 5) is 19.2. The molecule has 0 aliphatic carbocycles. The van der Waals surface area contributed by atoms with Gasteiger partial charge >= 0.3 is 0 Å². The monoisotopic (exact) mass is 415 g/mol. The lowest BCUT2D eigenvalue weighted by Gasteiger charge is -2.34. The first-order valence-electron chi connectivity index (χ1n) is 10.1. The Bertz CT molecular complexity index is 979. The van der Waals surface area contributed by atoms with Crippen molar-refractivity contribution in [3.8, 4) is 0 Å². The highest BCUT2D eigenvalue weighted by Gasteiger charge is 2.31. The molecule has 6 nitrogen and oxygen atoms in total. The topological polar surface area (TPSA) is 70.6 Å². The zero-order valence-electron chi connectivity index (χ0n) is 17.6. The van der Waals surface area contributed by atoms with E-state index in [0.717, 1.165) is 17.7 Å². The molecule has 29 heavy (non-hydrogen) atoms. The van der Waals surface area contributed by atoms with Crippen LogP contribution in [0, 0.1) is 13.8 Å². The number of hydrogen-bond donors (Lipinski definition) is 0. The molecule has 0 saturated carbocycles. The summed E-state index contributed by atoms with van der Waals surface area (Å²) >= 11 is 0. The van der Waals surface area contributed by atoms with Crippen molar-refractivity contribution in [1.29, 1.82) is 0 Å². The van der Waals surface area contributed by atoms with E-state index >= 15 is 0 Å². The molecule has 1 aromatic carbocycles. The number of hydrogen-bond acceptors (Lipinski definition) is 4. The van der Waals surface area contributed by atoms with Gasteiger partial charge in [0, 0.05) is 31.9 Å². The third-order valence-electron chi connectivity index (χ3n) is 5.68. The molecule has 156 valence electrons. The summed E-state index contributed by atoms with van der Waals surface area (Å²) in [6.07, 6.45) is 1.01. The zero-order chi connectivity index (χ0) is 21.2. The minimum atomic E-state index is -3.56. The Morgan fingerprint density at radius 2 is 1.66 bits per heavy atom. The van der Waals surface area contributed by atoms with Gasteiger partial charge in [-0.1, -0.05) is 26.0 Å². The second-order valence-electron chi connectivity index (χ2n) is 7.66. The number of piperazine rings is 1. The number of carbonyl (C=O) groups excluding carboxylic acids is 1. The Labute approximate surface area is 173 Å². The van der Waals surface area contributed by atoms with Crippen LogP contribution in [-0.2, 0) is 10.0 Å². The molecule has 0 spiro atoms. The van der Waals surface area contributed by atoms with Crippen molar-refractivity contribution in [2.24, 2.45) is 0 Å². The molecule has 3 rings (SSSR count). The van der Waals surface area contributed by atoms with Gasteiger partial charge in [0.2, 0.25) is 10.0 Å². The molecular weight excluding hydrogens is 386 g/mol. The van der Waals surface area contributed by atoms with Gasteiger partial charge in [0.15, 0.2) is 0 Å². The molecule has 1 atom stereocenters. The third-order valence-corrected chi connectivity index (χ3v) is 7.59. The fraction of sp³-hybridized carbons (Fsp3) is 0.455. The number of pyridine rings is 1. The molecule has 0 bridgehead atoms. The van der Waals surface area contributed by atoms with Gasteiger partial charge < -0.3 is 4.90 Å². The summed E-state index contributed by atoms with van der Waals surface area (Å²) in [7, 11) is -3.56. The van der Waals surface area contributed by atoms with Crippen molar-refractivity contribution in [3.63, 3.8) is 0 Å². The van der Waals surface area contributed by atoms with Crippen LogP contribution >= 0.6 is 0 Å². The lowest BCUT2D eigenvalue weighted by Crippen LogP contribution is -2.50. The Hall–Kier alpha value is -2.25. The van der Waals surface area contributed by atoms with Gasteiger partial charge in [-0.25, -0.2) is 8.42 Å². The number of carbonyl (C=O) groups is 1. The predicted octanol–water partition coefficient (Wildman–Crippen LogP) is 3.36. The van der Waals surface area contributed by atoms with Crippen molar-refractivity contribution < 1.29 is 13.2 Å². The summed E-state index contributed by atoms with van der Waals surface area (Å²) in [5, 5.41) is 0. The fourth-order valence-electron chi connectivity index (χ4n) is 3.57. The Morgan fingerprint density at radius 3 is 2.21 bits per heavy atom. The van der Waals surface area contributed by atoms with Gasteiger partial charge in [-0.05, 0) is 56.0 Å². The molecule has 0 N–H and O–H groups in total. The van der Waals surface area contributed by atoms with Crippen LogP contribution in [0.4, 0.5) is 0 Å². The second-order valence-corrected chi connectivity index (χ2v) is 9.60. The van der Waals surface area contributed by atoms with Gasteiger partial charge in [-0.3, -0.25) is 9.78 Å². The molecule has 1 aliphatic rings. The standard InChI is InChI=1S/C22H29N3O3S/c1-5-16(2)19-7-9-20(10-8-19)29(27,28)25-14-12-24(13-15-25)22(26)21-11-6-17(3)23-18(21)4/h6-11,16H,5,12-15H2,1-4H3. The Morgan fingerprint density at radius 1 is 1.03 bits per heavy atom. The van der Waals surface area contributed by atoms with E-state index in [4.69, 9.17) is 0 Å². The molecule has 1 aliphatic heterocycles. The number of benzene rings is 1. The van der Waals surface area contributed by atoms with E-state index in [0.29, 0.717) is 48.2 Å². The van der Waals surface area contributed by atoms with Crippen molar-refractivity contribution in [3.05, 3.63) is 58.9 Å². The largest absolute Gasteiger partial charge is 0.336 e. The average molecular weight is 416 g/mol. The van der Waals surface area contributed by atoms with Crippen LogP contribution in [0.25, 0.3) is 0 Å². The van der Waals surface area contributed by atoms with Crippen LogP contribution in [0.15, 0.2) is 41.3 Å². The van der Waals surface area contributed by atoms with Crippen molar-refractivity contribution in [1.82, 2.24) is 14.2 Å². The van der Waals surface area contributed by atoms with Crippen LogP contribution in [0.3, 0.4) is 0 Å². The Kier molecular flexibility index (Phi) is 6.39. The molecule has 2 heterocycles. The normalized spacial score (nSPS) is 16.6. The SMILES string of the molecule is CCC(C)c1ccc(S(=O)(=O)N2CCN(C(=O)c3ccc(C)nc3C)CC2)cc1. The number of sulfonamides is 1. The number of aromatic nitrogens is 1. The third kappa shape index (κ3) is 4.51. The minimum Gasteiger partial charge on any atom is -0.336 e. The summed E-state index contributed by atoms with van der Waals surface area (Å²) in [5.41, 5.74) is 3.29. The molecule has 1 aromatic heterocycles.